The van der Waals surface area contributed by atoms with E-state index in [0.717, 1.165) is 32.2 Å². The normalized spacial score (nSPS) is 15.1. The van der Waals surface area contributed by atoms with Gasteiger partial charge >= 0.3 is 0 Å². The van der Waals surface area contributed by atoms with Crippen molar-refractivity contribution in [2.75, 3.05) is 19.8 Å². The minimum Gasteiger partial charge on any atom is -0.382 e. The first-order chi connectivity index (χ1) is 8.81. The molecule has 114 valence electrons. The van der Waals surface area contributed by atoms with Gasteiger partial charge < -0.3 is 10.1 Å². The Balaban J connectivity index is 4.27. The van der Waals surface area contributed by atoms with Crippen molar-refractivity contribution in [1.82, 2.24) is 5.32 Å². The lowest BCUT2D eigenvalue weighted by atomic mass is 9.82. The number of nitrogens with one attached hydrogen (secondary N) is 1. The molecule has 19 heavy (non-hydrogen) atoms. The van der Waals surface area contributed by atoms with Crippen molar-refractivity contribution in [2.45, 2.75) is 67.2 Å². The first kappa shape index (κ1) is 18.4. The van der Waals surface area contributed by atoms with E-state index in [1.807, 2.05) is 20.8 Å². The van der Waals surface area contributed by atoms with Gasteiger partial charge in [-0.3, -0.25) is 4.79 Å². The number of rotatable bonds is 10. The van der Waals surface area contributed by atoms with Gasteiger partial charge in [-0.05, 0) is 31.6 Å². The molecule has 0 aliphatic carbocycles. The third-order valence-electron chi connectivity index (χ3n) is 4.07. The molecule has 0 rings (SSSR count). The van der Waals surface area contributed by atoms with Crippen molar-refractivity contribution < 1.29 is 9.53 Å². The summed E-state index contributed by atoms with van der Waals surface area (Å²) < 4.78 is 5.34. The standard InChI is InChI=1S/C16H33NO2/c1-7-10-16(6,8-2)13-17-14(18)15(4,5)11-12-19-9-3/h7-13H2,1-6H3,(H,17,18). The summed E-state index contributed by atoms with van der Waals surface area (Å²) in [5, 5.41) is 3.13. The Labute approximate surface area is 119 Å². The average Bonchev–Trinajstić information content (AvgIpc) is 2.36. The zero-order valence-electron chi connectivity index (χ0n) is 13.8. The van der Waals surface area contributed by atoms with Gasteiger partial charge in [-0.15, -0.1) is 0 Å². The Kier molecular flexibility index (Phi) is 8.31. The second-order valence-electron chi connectivity index (χ2n) is 6.43. The monoisotopic (exact) mass is 271 g/mol. The van der Waals surface area contributed by atoms with Gasteiger partial charge in [0.15, 0.2) is 0 Å². The van der Waals surface area contributed by atoms with E-state index in [2.05, 4.69) is 26.1 Å². The van der Waals surface area contributed by atoms with Crippen LogP contribution in [0.25, 0.3) is 0 Å². The Bertz CT molecular complexity index is 263. The molecule has 0 saturated heterocycles. The van der Waals surface area contributed by atoms with Crippen LogP contribution < -0.4 is 5.32 Å². The summed E-state index contributed by atoms with van der Waals surface area (Å²) >= 11 is 0. The van der Waals surface area contributed by atoms with Crippen LogP contribution in [-0.4, -0.2) is 25.7 Å². The molecule has 0 spiro atoms. The lowest BCUT2D eigenvalue weighted by molar-refractivity contribution is -0.130. The summed E-state index contributed by atoms with van der Waals surface area (Å²) in [6.45, 7) is 14.7. The van der Waals surface area contributed by atoms with Crippen LogP contribution >= 0.6 is 0 Å². The number of carbonyl (C=O) groups excluding carboxylic acids is 1. The van der Waals surface area contributed by atoms with Crippen LogP contribution in [0.5, 0.6) is 0 Å². The zero-order chi connectivity index (χ0) is 14.9. The lowest BCUT2D eigenvalue weighted by Crippen LogP contribution is -2.42. The van der Waals surface area contributed by atoms with Gasteiger partial charge in [0, 0.05) is 25.2 Å². The van der Waals surface area contributed by atoms with Gasteiger partial charge in [0.25, 0.3) is 0 Å². The van der Waals surface area contributed by atoms with Crippen LogP contribution in [0, 0.1) is 10.8 Å². The third kappa shape index (κ3) is 6.95. The molecule has 1 unspecified atom stereocenters. The molecule has 0 saturated carbocycles. The Morgan fingerprint density at radius 2 is 1.74 bits per heavy atom. The molecular formula is C16H33NO2. The summed E-state index contributed by atoms with van der Waals surface area (Å²) in [4.78, 5) is 12.3. The molecule has 1 atom stereocenters. The van der Waals surface area contributed by atoms with Gasteiger partial charge in [-0.25, -0.2) is 0 Å². The highest BCUT2D eigenvalue weighted by atomic mass is 16.5. The minimum atomic E-state index is -0.351. The van der Waals surface area contributed by atoms with Crippen LogP contribution in [0.15, 0.2) is 0 Å². The van der Waals surface area contributed by atoms with E-state index in [1.54, 1.807) is 0 Å². The molecule has 3 nitrogen and oxygen atoms in total. The molecule has 0 aromatic carbocycles. The summed E-state index contributed by atoms with van der Waals surface area (Å²) in [7, 11) is 0. The van der Waals surface area contributed by atoms with Gasteiger partial charge in [-0.2, -0.15) is 0 Å². The fraction of sp³-hybridized carbons (Fsp3) is 0.938. The van der Waals surface area contributed by atoms with Gasteiger partial charge in [0.2, 0.25) is 5.91 Å². The molecule has 1 amide bonds. The first-order valence-electron chi connectivity index (χ1n) is 7.67. The lowest BCUT2D eigenvalue weighted by Gasteiger charge is -2.31. The molecule has 0 aliphatic rings. The molecule has 0 heterocycles. The fourth-order valence-corrected chi connectivity index (χ4v) is 2.11. The van der Waals surface area contributed by atoms with E-state index >= 15 is 0 Å². The van der Waals surface area contributed by atoms with E-state index in [-0.39, 0.29) is 16.7 Å². The van der Waals surface area contributed by atoms with Crippen LogP contribution in [0.1, 0.15) is 67.2 Å². The molecule has 0 aromatic heterocycles. The summed E-state index contributed by atoms with van der Waals surface area (Å²) in [5.74, 6) is 0.142. The predicted octanol–water partition coefficient (Wildman–Crippen LogP) is 3.77. The Morgan fingerprint density at radius 1 is 1.11 bits per heavy atom. The summed E-state index contributed by atoms with van der Waals surface area (Å²) in [5.41, 5.74) is -0.129. The Hall–Kier alpha value is -0.570. The van der Waals surface area contributed by atoms with Crippen LogP contribution in [0.4, 0.5) is 0 Å². The first-order valence-corrected chi connectivity index (χ1v) is 7.67. The second-order valence-corrected chi connectivity index (χ2v) is 6.43. The zero-order valence-corrected chi connectivity index (χ0v) is 13.8. The maximum Gasteiger partial charge on any atom is 0.225 e. The van der Waals surface area contributed by atoms with Crippen molar-refractivity contribution in [3.8, 4) is 0 Å². The van der Waals surface area contributed by atoms with Gasteiger partial charge in [-0.1, -0.05) is 41.0 Å². The highest BCUT2D eigenvalue weighted by Gasteiger charge is 2.29. The van der Waals surface area contributed by atoms with E-state index in [9.17, 15) is 4.79 Å². The molecule has 0 fully saturated rings. The smallest absolute Gasteiger partial charge is 0.225 e. The minimum absolute atomic E-state index is 0.142. The van der Waals surface area contributed by atoms with Crippen LogP contribution in [0.2, 0.25) is 0 Å². The summed E-state index contributed by atoms with van der Waals surface area (Å²) in [6.07, 6.45) is 4.18. The van der Waals surface area contributed by atoms with Crippen molar-refractivity contribution in [3.63, 3.8) is 0 Å². The SMILES string of the molecule is CCCC(C)(CC)CNC(=O)C(C)(C)CCOCC. The van der Waals surface area contributed by atoms with Gasteiger partial charge in [0.05, 0.1) is 0 Å². The summed E-state index contributed by atoms with van der Waals surface area (Å²) in [6, 6.07) is 0. The largest absolute Gasteiger partial charge is 0.382 e. The quantitative estimate of drug-likeness (QED) is 0.614. The van der Waals surface area contributed by atoms with E-state index in [1.165, 1.54) is 0 Å². The molecule has 0 aliphatic heterocycles. The number of hydrogen-bond donors (Lipinski definition) is 1. The molecule has 0 bridgehead atoms. The molecule has 0 radical (unpaired) electrons. The van der Waals surface area contributed by atoms with E-state index in [0.29, 0.717) is 13.2 Å². The predicted molar refractivity (Wildman–Crippen MR) is 81.2 cm³/mol. The van der Waals surface area contributed by atoms with Crippen molar-refractivity contribution in [3.05, 3.63) is 0 Å². The number of carbonyl (C=O) groups is 1. The number of ether oxygens (including phenoxy) is 1. The van der Waals surface area contributed by atoms with Crippen molar-refractivity contribution in [1.29, 1.82) is 0 Å². The molecule has 0 aromatic rings. The highest BCUT2D eigenvalue weighted by Crippen LogP contribution is 2.27. The highest BCUT2D eigenvalue weighted by molar-refractivity contribution is 5.81. The van der Waals surface area contributed by atoms with Gasteiger partial charge in [0.1, 0.15) is 0 Å². The topological polar surface area (TPSA) is 38.3 Å². The average molecular weight is 271 g/mol. The second kappa shape index (κ2) is 8.57. The molecular weight excluding hydrogens is 238 g/mol. The maximum atomic E-state index is 12.3. The Morgan fingerprint density at radius 3 is 2.21 bits per heavy atom. The number of amides is 1. The fourth-order valence-electron chi connectivity index (χ4n) is 2.11. The van der Waals surface area contributed by atoms with E-state index < -0.39 is 0 Å². The van der Waals surface area contributed by atoms with Crippen molar-refractivity contribution >= 4 is 5.91 Å². The van der Waals surface area contributed by atoms with Crippen LogP contribution in [-0.2, 0) is 9.53 Å². The molecule has 1 N–H and O–H groups in total. The molecule has 3 heteroatoms. The maximum absolute atomic E-state index is 12.3. The van der Waals surface area contributed by atoms with Crippen LogP contribution in [0.3, 0.4) is 0 Å². The third-order valence-corrected chi connectivity index (χ3v) is 4.07. The number of hydrogen-bond acceptors (Lipinski definition) is 2. The van der Waals surface area contributed by atoms with Crippen molar-refractivity contribution in [2.24, 2.45) is 10.8 Å². The van der Waals surface area contributed by atoms with E-state index in [4.69, 9.17) is 4.74 Å².